The van der Waals surface area contributed by atoms with Gasteiger partial charge in [-0.1, -0.05) is 6.07 Å². The van der Waals surface area contributed by atoms with Crippen molar-refractivity contribution in [2.45, 2.75) is 38.8 Å². The van der Waals surface area contributed by atoms with Gasteiger partial charge in [-0.2, -0.15) is 0 Å². The molecule has 0 radical (unpaired) electrons. The molecule has 1 heterocycles. The second-order valence-electron chi connectivity index (χ2n) is 4.28. The van der Waals surface area contributed by atoms with Gasteiger partial charge in [0.25, 0.3) is 0 Å². The minimum Gasteiger partial charge on any atom is -0.374 e. The molecule has 3 N–H and O–H groups in total. The monoisotopic (exact) mass is 223 g/mol. The summed E-state index contributed by atoms with van der Waals surface area (Å²) in [6.07, 6.45) is 2.54. The first-order chi connectivity index (χ1) is 7.60. The predicted octanol–water partition coefficient (Wildman–Crippen LogP) is 1.27. The second-order valence-corrected chi connectivity index (χ2v) is 4.28. The summed E-state index contributed by atoms with van der Waals surface area (Å²) in [7, 11) is 0. The first-order valence-electron chi connectivity index (χ1n) is 5.60. The summed E-state index contributed by atoms with van der Waals surface area (Å²) in [5, 5.41) is 0. The second kappa shape index (κ2) is 5.94. The van der Waals surface area contributed by atoms with Crippen LogP contribution in [-0.2, 0) is 11.2 Å². The van der Waals surface area contributed by atoms with E-state index in [1.54, 1.807) is 6.20 Å². The number of rotatable bonds is 6. The summed E-state index contributed by atoms with van der Waals surface area (Å²) in [5.74, 6) is 5.58. The molecule has 0 saturated carbocycles. The molecule has 0 amide bonds. The van der Waals surface area contributed by atoms with Crippen LogP contribution in [-0.4, -0.2) is 23.2 Å². The van der Waals surface area contributed by atoms with Crippen LogP contribution in [0.25, 0.3) is 0 Å². The van der Waals surface area contributed by atoms with Crippen LogP contribution < -0.4 is 11.3 Å². The summed E-state index contributed by atoms with van der Waals surface area (Å²) in [6.45, 7) is 6.72. The molecule has 90 valence electrons. The van der Waals surface area contributed by atoms with Crippen molar-refractivity contribution in [3.05, 3.63) is 30.1 Å². The van der Waals surface area contributed by atoms with E-state index in [0.29, 0.717) is 6.61 Å². The fraction of sp³-hybridized carbons (Fsp3) is 0.583. The highest BCUT2D eigenvalue weighted by molar-refractivity contribution is 5.07. The molecule has 0 aliphatic carbocycles. The van der Waals surface area contributed by atoms with Gasteiger partial charge in [0.15, 0.2) is 0 Å². The number of nitrogens with one attached hydrogen (secondary N) is 1. The maximum absolute atomic E-state index is 5.68. The lowest BCUT2D eigenvalue weighted by atomic mass is 9.94. The number of pyridine rings is 1. The molecule has 0 aromatic carbocycles. The molecule has 1 atom stereocenters. The van der Waals surface area contributed by atoms with Gasteiger partial charge in [0, 0.05) is 24.9 Å². The molecule has 4 nitrogen and oxygen atoms in total. The lowest BCUT2D eigenvalue weighted by Crippen LogP contribution is -2.52. The smallest absolute Gasteiger partial charge is 0.0795 e. The van der Waals surface area contributed by atoms with Gasteiger partial charge in [-0.05, 0) is 32.9 Å². The molecule has 0 spiro atoms. The van der Waals surface area contributed by atoms with E-state index in [1.165, 1.54) is 0 Å². The molecule has 0 saturated heterocycles. The van der Waals surface area contributed by atoms with Crippen molar-refractivity contribution in [3.63, 3.8) is 0 Å². The van der Waals surface area contributed by atoms with E-state index in [1.807, 2.05) is 39.0 Å². The third-order valence-corrected chi connectivity index (χ3v) is 2.70. The maximum Gasteiger partial charge on any atom is 0.0795 e. The van der Waals surface area contributed by atoms with Gasteiger partial charge >= 0.3 is 0 Å². The highest BCUT2D eigenvalue weighted by Gasteiger charge is 2.29. The molecule has 1 aromatic heterocycles. The van der Waals surface area contributed by atoms with Crippen LogP contribution in [0.15, 0.2) is 24.4 Å². The maximum atomic E-state index is 5.68. The predicted molar refractivity (Wildman–Crippen MR) is 64.8 cm³/mol. The first kappa shape index (κ1) is 13.1. The molecule has 1 unspecified atom stereocenters. The van der Waals surface area contributed by atoms with Crippen molar-refractivity contribution in [2.75, 3.05) is 6.61 Å². The molecule has 0 bridgehead atoms. The molecular weight excluding hydrogens is 202 g/mol. The van der Waals surface area contributed by atoms with Gasteiger partial charge in [0.2, 0.25) is 0 Å². The SMILES string of the molecule is CCOC(C)(C)C(Cc1ccccn1)NN. The molecular formula is C12H21N3O. The molecule has 1 aromatic rings. The normalized spacial score (nSPS) is 13.8. The fourth-order valence-electron chi connectivity index (χ4n) is 1.71. The van der Waals surface area contributed by atoms with Gasteiger partial charge in [-0.3, -0.25) is 16.3 Å². The highest BCUT2D eigenvalue weighted by atomic mass is 16.5. The van der Waals surface area contributed by atoms with Gasteiger partial charge in [-0.15, -0.1) is 0 Å². The van der Waals surface area contributed by atoms with E-state index in [2.05, 4.69) is 10.4 Å². The summed E-state index contributed by atoms with van der Waals surface area (Å²) in [4.78, 5) is 4.29. The van der Waals surface area contributed by atoms with Crippen molar-refractivity contribution >= 4 is 0 Å². The Balaban J connectivity index is 2.69. The average molecular weight is 223 g/mol. The Morgan fingerprint density at radius 1 is 1.50 bits per heavy atom. The van der Waals surface area contributed by atoms with Crippen molar-refractivity contribution in [1.82, 2.24) is 10.4 Å². The minimum atomic E-state index is -0.305. The lowest BCUT2D eigenvalue weighted by Gasteiger charge is -2.33. The van der Waals surface area contributed by atoms with Gasteiger partial charge in [-0.25, -0.2) is 0 Å². The Hall–Kier alpha value is -0.970. The highest BCUT2D eigenvalue weighted by Crippen LogP contribution is 2.17. The van der Waals surface area contributed by atoms with E-state index in [0.717, 1.165) is 12.1 Å². The van der Waals surface area contributed by atoms with Gasteiger partial charge in [0.1, 0.15) is 0 Å². The molecule has 1 rings (SSSR count). The summed E-state index contributed by atoms with van der Waals surface area (Å²) in [6, 6.07) is 5.92. The van der Waals surface area contributed by atoms with E-state index >= 15 is 0 Å². The standard InChI is InChI=1S/C12H21N3O/c1-4-16-12(2,3)11(15-13)9-10-7-5-6-8-14-10/h5-8,11,15H,4,9,13H2,1-3H3. The number of ether oxygens (including phenoxy) is 1. The van der Waals surface area contributed by atoms with Crippen molar-refractivity contribution in [2.24, 2.45) is 5.84 Å². The molecule has 0 fully saturated rings. The van der Waals surface area contributed by atoms with Crippen LogP contribution in [0.1, 0.15) is 26.5 Å². The van der Waals surface area contributed by atoms with E-state index in [9.17, 15) is 0 Å². The van der Waals surface area contributed by atoms with Crippen LogP contribution in [0.5, 0.6) is 0 Å². The quantitative estimate of drug-likeness (QED) is 0.563. The zero-order valence-electron chi connectivity index (χ0n) is 10.2. The number of hydrazine groups is 1. The van der Waals surface area contributed by atoms with Crippen LogP contribution >= 0.6 is 0 Å². The van der Waals surface area contributed by atoms with E-state index in [-0.39, 0.29) is 11.6 Å². The Bertz CT molecular complexity index is 300. The first-order valence-corrected chi connectivity index (χ1v) is 5.60. The van der Waals surface area contributed by atoms with Crippen molar-refractivity contribution in [1.29, 1.82) is 0 Å². The molecule has 0 aliphatic rings. The molecule has 16 heavy (non-hydrogen) atoms. The van der Waals surface area contributed by atoms with Crippen molar-refractivity contribution in [3.8, 4) is 0 Å². The van der Waals surface area contributed by atoms with E-state index in [4.69, 9.17) is 10.6 Å². The van der Waals surface area contributed by atoms with Gasteiger partial charge in [0.05, 0.1) is 11.6 Å². The number of nitrogens with two attached hydrogens (primary N) is 1. The topological polar surface area (TPSA) is 60.2 Å². The Morgan fingerprint density at radius 2 is 2.25 bits per heavy atom. The lowest BCUT2D eigenvalue weighted by molar-refractivity contribution is -0.0382. The van der Waals surface area contributed by atoms with Crippen LogP contribution in [0, 0.1) is 0 Å². The average Bonchev–Trinajstić information content (AvgIpc) is 2.27. The number of hydrogen-bond acceptors (Lipinski definition) is 4. The van der Waals surface area contributed by atoms with Crippen LogP contribution in [0.2, 0.25) is 0 Å². The number of hydrogen-bond donors (Lipinski definition) is 2. The number of nitrogens with zero attached hydrogens (tertiary/aromatic N) is 1. The number of aromatic nitrogens is 1. The van der Waals surface area contributed by atoms with Crippen LogP contribution in [0.4, 0.5) is 0 Å². The van der Waals surface area contributed by atoms with Crippen molar-refractivity contribution < 1.29 is 4.74 Å². The Morgan fingerprint density at radius 3 is 2.75 bits per heavy atom. The third kappa shape index (κ3) is 3.56. The largest absolute Gasteiger partial charge is 0.374 e. The molecule has 0 aliphatic heterocycles. The summed E-state index contributed by atoms with van der Waals surface area (Å²) in [5.41, 5.74) is 3.52. The molecule has 4 heteroatoms. The Kier molecular flexibility index (Phi) is 4.86. The van der Waals surface area contributed by atoms with Gasteiger partial charge < -0.3 is 4.74 Å². The third-order valence-electron chi connectivity index (χ3n) is 2.70. The zero-order valence-corrected chi connectivity index (χ0v) is 10.2. The fourth-order valence-corrected chi connectivity index (χ4v) is 1.71. The zero-order chi connectivity index (χ0) is 12.0. The minimum absolute atomic E-state index is 0.0438. The van der Waals surface area contributed by atoms with Crippen LogP contribution in [0.3, 0.4) is 0 Å². The van der Waals surface area contributed by atoms with E-state index < -0.39 is 0 Å². The Labute approximate surface area is 97.2 Å². The summed E-state index contributed by atoms with van der Waals surface area (Å²) < 4.78 is 5.68. The summed E-state index contributed by atoms with van der Waals surface area (Å²) >= 11 is 0.